The van der Waals surface area contributed by atoms with Crippen LogP contribution in [0.5, 0.6) is 0 Å². The molecule has 5 nitrogen and oxygen atoms in total. The standard InChI is InChI=1S/C18H20N4O.ClH/c23-13-12-19-17-15-8-4-5-9-16(15)21-18(22-17)20-11-10-14-6-2-1-3-7-14;/h1-9,23H,10-13H2,(H2,19,20,21,22);1H. The molecule has 3 aromatic rings. The fourth-order valence-electron chi connectivity index (χ4n) is 2.43. The van der Waals surface area contributed by atoms with Crippen molar-refractivity contribution in [2.24, 2.45) is 0 Å². The van der Waals surface area contributed by atoms with Crippen LogP contribution in [0.3, 0.4) is 0 Å². The van der Waals surface area contributed by atoms with E-state index < -0.39 is 0 Å². The number of anilines is 2. The van der Waals surface area contributed by atoms with Crippen molar-refractivity contribution < 1.29 is 5.11 Å². The fourth-order valence-corrected chi connectivity index (χ4v) is 2.43. The van der Waals surface area contributed by atoms with Crippen LogP contribution in [0.15, 0.2) is 54.6 Å². The average molecular weight is 345 g/mol. The molecule has 1 heterocycles. The van der Waals surface area contributed by atoms with Crippen molar-refractivity contribution in [3.63, 3.8) is 0 Å². The van der Waals surface area contributed by atoms with Gasteiger partial charge in [0, 0.05) is 18.5 Å². The summed E-state index contributed by atoms with van der Waals surface area (Å²) in [5.74, 6) is 1.34. The first-order valence-electron chi connectivity index (χ1n) is 7.76. The molecular weight excluding hydrogens is 324 g/mol. The number of halogens is 1. The van der Waals surface area contributed by atoms with Gasteiger partial charge in [0.1, 0.15) is 5.82 Å². The highest BCUT2D eigenvalue weighted by molar-refractivity contribution is 5.90. The first-order chi connectivity index (χ1) is 11.4. The summed E-state index contributed by atoms with van der Waals surface area (Å²) in [6.07, 6.45) is 0.913. The van der Waals surface area contributed by atoms with Gasteiger partial charge in [-0.05, 0) is 24.1 Å². The first-order valence-corrected chi connectivity index (χ1v) is 7.76. The smallest absolute Gasteiger partial charge is 0.225 e. The molecule has 0 aliphatic rings. The molecular formula is C18H21ClN4O. The Morgan fingerprint density at radius 1 is 0.833 bits per heavy atom. The minimum Gasteiger partial charge on any atom is -0.395 e. The lowest BCUT2D eigenvalue weighted by molar-refractivity contribution is 0.311. The van der Waals surface area contributed by atoms with Crippen molar-refractivity contribution in [1.29, 1.82) is 0 Å². The number of hydrogen-bond donors (Lipinski definition) is 3. The Morgan fingerprint density at radius 2 is 1.58 bits per heavy atom. The average Bonchev–Trinajstić information content (AvgIpc) is 2.60. The van der Waals surface area contributed by atoms with Crippen LogP contribution in [0, 0.1) is 0 Å². The molecule has 0 saturated carbocycles. The fraction of sp³-hybridized carbons (Fsp3) is 0.222. The molecule has 0 fully saturated rings. The summed E-state index contributed by atoms with van der Waals surface area (Å²) in [4.78, 5) is 9.08. The highest BCUT2D eigenvalue weighted by atomic mass is 35.5. The highest BCUT2D eigenvalue weighted by Crippen LogP contribution is 2.21. The Bertz CT molecular complexity index is 767. The third-order valence-electron chi connectivity index (χ3n) is 3.55. The van der Waals surface area contributed by atoms with Crippen molar-refractivity contribution >= 4 is 35.1 Å². The summed E-state index contributed by atoms with van der Waals surface area (Å²) in [5.41, 5.74) is 2.16. The van der Waals surface area contributed by atoms with E-state index in [2.05, 4.69) is 32.7 Å². The molecule has 6 heteroatoms. The van der Waals surface area contributed by atoms with Crippen molar-refractivity contribution in [1.82, 2.24) is 9.97 Å². The minimum atomic E-state index is 0. The molecule has 0 aliphatic carbocycles. The minimum absolute atomic E-state index is 0. The van der Waals surface area contributed by atoms with Crippen LogP contribution in [-0.4, -0.2) is 34.8 Å². The van der Waals surface area contributed by atoms with Crippen molar-refractivity contribution in [3.8, 4) is 0 Å². The highest BCUT2D eigenvalue weighted by Gasteiger charge is 2.06. The van der Waals surface area contributed by atoms with Crippen molar-refractivity contribution in [2.45, 2.75) is 6.42 Å². The number of rotatable bonds is 7. The van der Waals surface area contributed by atoms with Crippen LogP contribution in [0.25, 0.3) is 10.9 Å². The zero-order valence-electron chi connectivity index (χ0n) is 13.3. The van der Waals surface area contributed by atoms with E-state index in [0.29, 0.717) is 12.5 Å². The molecule has 0 unspecified atom stereocenters. The van der Waals surface area contributed by atoms with Gasteiger partial charge >= 0.3 is 0 Å². The second kappa shape index (κ2) is 9.05. The Balaban J connectivity index is 0.00000208. The number of para-hydroxylation sites is 1. The van der Waals surface area contributed by atoms with Crippen molar-refractivity contribution in [3.05, 3.63) is 60.2 Å². The van der Waals surface area contributed by atoms with E-state index in [1.807, 2.05) is 42.5 Å². The van der Waals surface area contributed by atoms with Crippen molar-refractivity contribution in [2.75, 3.05) is 30.3 Å². The van der Waals surface area contributed by atoms with Gasteiger partial charge in [-0.25, -0.2) is 4.98 Å². The summed E-state index contributed by atoms with van der Waals surface area (Å²) in [6, 6.07) is 18.2. The maximum atomic E-state index is 9.01. The molecule has 0 amide bonds. The van der Waals surface area contributed by atoms with Crippen LogP contribution >= 0.6 is 12.4 Å². The Kier molecular flexibility index (Phi) is 6.78. The van der Waals surface area contributed by atoms with Gasteiger partial charge in [-0.2, -0.15) is 4.98 Å². The Hall–Kier alpha value is -2.37. The molecule has 3 rings (SSSR count). The molecule has 0 radical (unpaired) electrons. The number of aromatic nitrogens is 2. The first kappa shape index (κ1) is 18.0. The van der Waals surface area contributed by atoms with Gasteiger partial charge in [0.25, 0.3) is 0 Å². The number of aliphatic hydroxyl groups excluding tert-OH is 1. The number of nitrogens with zero attached hydrogens (tertiary/aromatic N) is 2. The zero-order valence-corrected chi connectivity index (χ0v) is 14.1. The van der Waals surface area contributed by atoms with Crippen LogP contribution < -0.4 is 10.6 Å². The van der Waals surface area contributed by atoms with Crippen LogP contribution in [0.1, 0.15) is 5.56 Å². The molecule has 126 valence electrons. The molecule has 3 N–H and O–H groups in total. The third-order valence-corrected chi connectivity index (χ3v) is 3.55. The molecule has 1 aromatic heterocycles. The number of benzene rings is 2. The molecule has 0 aliphatic heterocycles. The summed E-state index contributed by atoms with van der Waals surface area (Å²) in [6.45, 7) is 1.29. The molecule has 0 spiro atoms. The normalized spacial score (nSPS) is 10.2. The lowest BCUT2D eigenvalue weighted by atomic mass is 10.1. The number of hydrogen-bond acceptors (Lipinski definition) is 5. The number of nitrogens with one attached hydrogen (secondary N) is 2. The quantitative estimate of drug-likeness (QED) is 0.614. The lowest BCUT2D eigenvalue weighted by Gasteiger charge is -2.11. The van der Waals surface area contributed by atoms with E-state index >= 15 is 0 Å². The predicted octanol–water partition coefficient (Wildman–Crippen LogP) is 3.11. The van der Waals surface area contributed by atoms with E-state index in [-0.39, 0.29) is 19.0 Å². The summed E-state index contributed by atoms with van der Waals surface area (Å²) in [5, 5.41) is 16.4. The third kappa shape index (κ3) is 4.57. The molecule has 0 saturated heterocycles. The number of aliphatic hydroxyl groups is 1. The topological polar surface area (TPSA) is 70.1 Å². The molecule has 2 aromatic carbocycles. The van der Waals surface area contributed by atoms with Gasteiger partial charge in [-0.3, -0.25) is 0 Å². The Morgan fingerprint density at radius 3 is 2.38 bits per heavy atom. The van der Waals surface area contributed by atoms with Gasteiger partial charge in [0.2, 0.25) is 5.95 Å². The van der Waals surface area contributed by atoms with Crippen LogP contribution in [-0.2, 0) is 6.42 Å². The maximum Gasteiger partial charge on any atom is 0.225 e. The molecule has 24 heavy (non-hydrogen) atoms. The largest absolute Gasteiger partial charge is 0.395 e. The van der Waals surface area contributed by atoms with E-state index in [1.165, 1.54) is 5.56 Å². The van der Waals surface area contributed by atoms with Gasteiger partial charge in [-0.1, -0.05) is 42.5 Å². The van der Waals surface area contributed by atoms with Crippen LogP contribution in [0.4, 0.5) is 11.8 Å². The van der Waals surface area contributed by atoms with E-state index in [0.717, 1.165) is 29.7 Å². The summed E-state index contributed by atoms with van der Waals surface area (Å²) >= 11 is 0. The summed E-state index contributed by atoms with van der Waals surface area (Å²) < 4.78 is 0. The predicted molar refractivity (Wildman–Crippen MR) is 101 cm³/mol. The van der Waals surface area contributed by atoms with Gasteiger partial charge in [-0.15, -0.1) is 12.4 Å². The SMILES string of the molecule is Cl.OCCNc1nc(NCCc2ccccc2)nc2ccccc12. The maximum absolute atomic E-state index is 9.01. The second-order valence-electron chi connectivity index (χ2n) is 5.23. The van der Waals surface area contributed by atoms with E-state index in [4.69, 9.17) is 5.11 Å². The lowest BCUT2D eigenvalue weighted by Crippen LogP contribution is -2.12. The summed E-state index contributed by atoms with van der Waals surface area (Å²) in [7, 11) is 0. The Labute approximate surface area is 147 Å². The van der Waals surface area contributed by atoms with Crippen LogP contribution in [0.2, 0.25) is 0 Å². The monoisotopic (exact) mass is 344 g/mol. The van der Waals surface area contributed by atoms with Gasteiger partial charge < -0.3 is 15.7 Å². The van der Waals surface area contributed by atoms with E-state index in [9.17, 15) is 0 Å². The second-order valence-corrected chi connectivity index (χ2v) is 5.23. The zero-order chi connectivity index (χ0) is 15.9. The number of fused-ring (bicyclic) bond motifs is 1. The van der Waals surface area contributed by atoms with E-state index in [1.54, 1.807) is 0 Å². The molecule has 0 atom stereocenters. The molecule has 0 bridgehead atoms. The van der Waals surface area contributed by atoms with Gasteiger partial charge in [0.05, 0.1) is 12.1 Å². The van der Waals surface area contributed by atoms with Gasteiger partial charge in [0.15, 0.2) is 0 Å².